The van der Waals surface area contributed by atoms with Gasteiger partial charge in [-0.3, -0.25) is 0 Å². The second-order valence-electron chi connectivity index (χ2n) is 11.1. The van der Waals surface area contributed by atoms with Gasteiger partial charge in [-0.25, -0.2) is 0 Å². The van der Waals surface area contributed by atoms with Crippen molar-refractivity contribution in [2.45, 2.75) is 78.9 Å². The molecule has 0 aromatic heterocycles. The molecule has 2 aromatic rings. The van der Waals surface area contributed by atoms with Crippen molar-refractivity contribution in [2.75, 3.05) is 26.4 Å². The number of aliphatic hydroxyl groups is 1. The summed E-state index contributed by atoms with van der Waals surface area (Å²) in [5.74, 6) is -58.4. The van der Waals surface area contributed by atoms with Crippen LogP contribution in [0.15, 0.2) is 48.5 Å². The number of aryl methyl sites for hydroxylation is 2. The van der Waals surface area contributed by atoms with Gasteiger partial charge in [-0.1, -0.05) is 36.4 Å². The third-order valence-electron chi connectivity index (χ3n) is 7.84. The molecule has 2 aromatic carbocycles. The van der Waals surface area contributed by atoms with Gasteiger partial charge in [0.2, 0.25) is 0 Å². The first-order chi connectivity index (χ1) is 22.6. The number of hydrogen-bond acceptors (Lipinski definition) is 4. The van der Waals surface area contributed by atoms with Crippen molar-refractivity contribution in [3.05, 3.63) is 59.7 Å². The van der Waals surface area contributed by atoms with Crippen molar-refractivity contribution in [2.24, 2.45) is 0 Å². The average Bonchev–Trinajstić information content (AvgIpc) is 3.01. The van der Waals surface area contributed by atoms with Gasteiger partial charge in [-0.2, -0.15) is 74.6 Å². The van der Waals surface area contributed by atoms with Gasteiger partial charge < -0.3 is 19.3 Å². The molecule has 0 bridgehead atoms. The van der Waals surface area contributed by atoms with Gasteiger partial charge in [-0.05, 0) is 48.9 Å². The van der Waals surface area contributed by atoms with E-state index in [1.54, 1.807) is 0 Å². The first-order valence-electron chi connectivity index (χ1n) is 14.1. The summed E-state index contributed by atoms with van der Waals surface area (Å²) in [6.07, 6.45) is -13.5. The smallest absolute Gasteiger partial charge is 0.460 e. The molecule has 0 unspecified atom stereocenters. The molecular weight excluding hydrogens is 735 g/mol. The fraction of sp³-hybridized carbons (Fsp3) is 0.586. The highest BCUT2D eigenvalue weighted by Gasteiger charge is 2.96. The highest BCUT2D eigenvalue weighted by molar-refractivity contribution is 5.35. The Hall–Kier alpha value is -3.23. The van der Waals surface area contributed by atoms with E-state index < -0.39 is 78.9 Å². The normalized spacial score (nSPS) is 18.4. The molecule has 0 atom stereocenters. The number of rotatable bonds is 7. The second-order valence-corrected chi connectivity index (χ2v) is 11.1. The molecule has 0 saturated heterocycles. The minimum Gasteiger partial charge on any atom is -0.491 e. The van der Waals surface area contributed by atoms with Gasteiger partial charge in [0.15, 0.2) is 0 Å². The predicted octanol–water partition coefficient (Wildman–Crippen LogP) is 8.78. The molecule has 284 valence electrons. The molecule has 0 saturated carbocycles. The minimum atomic E-state index is -8.78. The van der Waals surface area contributed by atoms with Crippen LogP contribution in [0.1, 0.15) is 24.0 Å². The Morgan fingerprint density at radius 1 is 0.460 bits per heavy atom. The summed E-state index contributed by atoms with van der Waals surface area (Å²) in [4.78, 5) is 0. The van der Waals surface area contributed by atoms with Crippen molar-refractivity contribution in [1.29, 1.82) is 0 Å². The van der Waals surface area contributed by atoms with Crippen LogP contribution in [0.4, 0.5) is 74.6 Å². The van der Waals surface area contributed by atoms with Gasteiger partial charge in [-0.15, -0.1) is 0 Å². The quantitative estimate of drug-likeness (QED) is 0.287. The highest BCUT2D eigenvalue weighted by atomic mass is 19.4. The molecule has 4 nitrogen and oxygen atoms in total. The largest absolute Gasteiger partial charge is 0.491 e. The van der Waals surface area contributed by atoms with Crippen molar-refractivity contribution in [3.8, 4) is 11.5 Å². The van der Waals surface area contributed by atoms with E-state index in [2.05, 4.69) is 0 Å². The van der Waals surface area contributed by atoms with E-state index in [9.17, 15) is 62.2 Å². The third kappa shape index (κ3) is 6.74. The average molecular weight is 760 g/mol. The van der Waals surface area contributed by atoms with E-state index >= 15 is 17.6 Å². The molecule has 1 heterocycles. The molecule has 3 rings (SSSR count). The van der Waals surface area contributed by atoms with Gasteiger partial charge in [0, 0.05) is 0 Å². The van der Waals surface area contributed by atoms with Gasteiger partial charge in [0.25, 0.3) is 0 Å². The number of alkyl halides is 17. The molecule has 1 N–H and O–H groups in total. The number of halogens is 17. The summed E-state index contributed by atoms with van der Waals surface area (Å²) in [6.45, 7) is -0.676. The van der Waals surface area contributed by atoms with Crippen molar-refractivity contribution >= 4 is 0 Å². The molecule has 0 radical (unpaired) electrons. The Balaban J connectivity index is 2.16. The lowest BCUT2D eigenvalue weighted by Crippen LogP contribution is -2.76. The van der Waals surface area contributed by atoms with Crippen molar-refractivity contribution in [1.82, 2.24) is 0 Å². The summed E-state index contributed by atoms with van der Waals surface area (Å²) in [5.41, 5.74) is -5.05. The zero-order chi connectivity index (χ0) is 38.2. The van der Waals surface area contributed by atoms with Gasteiger partial charge in [0.1, 0.15) is 30.3 Å². The Kier molecular flexibility index (Phi) is 11.3. The fourth-order valence-electron chi connectivity index (χ4n) is 4.80. The molecule has 21 heteroatoms. The lowest BCUT2D eigenvalue weighted by molar-refractivity contribution is -0.467. The first-order valence-corrected chi connectivity index (χ1v) is 14.1. The summed E-state index contributed by atoms with van der Waals surface area (Å²) in [6, 6.07) is 9.68. The maximum atomic E-state index is 15.7. The molecule has 0 amide bonds. The van der Waals surface area contributed by atoms with Crippen LogP contribution in [0.3, 0.4) is 0 Å². The van der Waals surface area contributed by atoms with Crippen LogP contribution in [0.5, 0.6) is 11.5 Å². The lowest BCUT2D eigenvalue weighted by Gasteiger charge is -2.46. The Morgan fingerprint density at radius 2 is 0.800 bits per heavy atom. The number of hydrogen-bond donors (Lipinski definition) is 1. The summed E-state index contributed by atoms with van der Waals surface area (Å²) in [7, 11) is 0. The van der Waals surface area contributed by atoms with Crippen LogP contribution in [-0.4, -0.2) is 84.8 Å². The van der Waals surface area contributed by atoms with Crippen LogP contribution < -0.4 is 9.47 Å². The van der Waals surface area contributed by atoms with E-state index in [4.69, 9.17) is 14.2 Å². The summed E-state index contributed by atoms with van der Waals surface area (Å²) in [5, 5.41) is 11.0. The zero-order valence-corrected chi connectivity index (χ0v) is 24.9. The second kappa shape index (κ2) is 13.7. The molecular formula is C29H25F17O4. The van der Waals surface area contributed by atoms with Gasteiger partial charge >= 0.3 is 47.6 Å². The van der Waals surface area contributed by atoms with Crippen molar-refractivity contribution in [3.63, 3.8) is 0 Å². The number of benzene rings is 2. The Bertz CT molecular complexity index is 1400. The molecule has 1 aliphatic heterocycles. The van der Waals surface area contributed by atoms with E-state index in [0.29, 0.717) is 0 Å². The molecule has 0 spiro atoms. The molecule has 0 fully saturated rings. The van der Waals surface area contributed by atoms with Gasteiger partial charge in [0.05, 0.1) is 13.2 Å². The predicted molar refractivity (Wildman–Crippen MR) is 137 cm³/mol. The fourth-order valence-corrected chi connectivity index (χ4v) is 4.80. The number of ether oxygens (including phenoxy) is 3. The highest BCUT2D eigenvalue weighted by Crippen LogP contribution is 2.65. The molecule has 50 heavy (non-hydrogen) atoms. The van der Waals surface area contributed by atoms with Crippen LogP contribution in [0.2, 0.25) is 0 Å². The minimum absolute atomic E-state index is 0.102. The monoisotopic (exact) mass is 760 g/mol. The number of para-hydroxylation sites is 2. The van der Waals surface area contributed by atoms with E-state index in [1.807, 2.05) is 0 Å². The topological polar surface area (TPSA) is 47.9 Å². The Morgan fingerprint density at radius 3 is 1.18 bits per heavy atom. The van der Waals surface area contributed by atoms with Crippen LogP contribution in [0.25, 0.3) is 0 Å². The SMILES string of the molecule is OC1(C(F)(F)C(F)(F)C(F)(F)C(F)(F)C(F)(F)C(F)(F)C(F)(F)C(F)(F)F)CCc2ccccc2OCCOCCOc2ccccc2CC1. The van der Waals surface area contributed by atoms with Crippen LogP contribution >= 0.6 is 0 Å². The van der Waals surface area contributed by atoms with E-state index in [1.165, 1.54) is 36.4 Å². The third-order valence-corrected chi connectivity index (χ3v) is 7.84. The van der Waals surface area contributed by atoms with Crippen LogP contribution in [-0.2, 0) is 17.6 Å². The summed E-state index contributed by atoms with van der Waals surface area (Å²) < 4.78 is 255. The molecule has 0 aliphatic carbocycles. The molecule has 1 aliphatic rings. The first kappa shape index (κ1) is 41.2. The van der Waals surface area contributed by atoms with E-state index in [0.717, 1.165) is 12.1 Å². The standard InChI is InChI=1S/C29H25F17O4/c30-22(31,23(32,33)24(34,35)25(36,37)26(38,39)27(40,41)28(42,43)29(44,45)46)21(47)11-9-17-5-1-3-7-19(17)49-15-13-48-14-16-50-20-8-4-2-6-18(20)10-12-21/h1-8,47H,9-16H2. The Labute approximate surface area is 271 Å². The van der Waals surface area contributed by atoms with E-state index in [-0.39, 0.29) is 49.1 Å². The lowest BCUT2D eigenvalue weighted by atomic mass is 9.77. The maximum absolute atomic E-state index is 15.7. The zero-order valence-electron chi connectivity index (χ0n) is 24.9. The van der Waals surface area contributed by atoms with Crippen molar-refractivity contribution < 1.29 is 94.0 Å². The van der Waals surface area contributed by atoms with Crippen LogP contribution in [0, 0.1) is 0 Å². The number of fused-ring (bicyclic) bond motifs is 2. The summed E-state index contributed by atoms with van der Waals surface area (Å²) >= 11 is 0. The maximum Gasteiger partial charge on any atom is 0.460 e.